The molecule has 0 aromatic heterocycles. The lowest BCUT2D eigenvalue weighted by Gasteiger charge is -2.34. The minimum atomic E-state index is -2.87. The molecule has 0 spiro atoms. The van der Waals surface area contributed by atoms with Crippen LogP contribution in [-0.4, -0.2) is 41.4 Å². The lowest BCUT2D eigenvalue weighted by molar-refractivity contribution is -0.141. The monoisotopic (exact) mass is 586 g/mol. The van der Waals surface area contributed by atoms with Crippen LogP contribution in [0.2, 0.25) is 0 Å². The smallest absolute Gasteiger partial charge is 0.263 e. The number of carbonyl (C=O) groups is 2. The van der Waals surface area contributed by atoms with Crippen molar-refractivity contribution in [3.05, 3.63) is 95.1 Å². The summed E-state index contributed by atoms with van der Waals surface area (Å²) in [5, 5.41) is 12.4. The summed E-state index contributed by atoms with van der Waals surface area (Å²) >= 11 is 0. The first kappa shape index (κ1) is 30.9. The first-order valence-electron chi connectivity index (χ1n) is 13.8. The third kappa shape index (κ3) is 8.24. The summed E-state index contributed by atoms with van der Waals surface area (Å²) in [5.74, 6) is -3.81. The van der Waals surface area contributed by atoms with Gasteiger partial charge in [0, 0.05) is 37.9 Å². The molecule has 2 unspecified atom stereocenters. The molecule has 3 aromatic carbocycles. The Kier molecular flexibility index (Phi) is 10.1. The van der Waals surface area contributed by atoms with Crippen molar-refractivity contribution in [2.24, 2.45) is 5.92 Å². The van der Waals surface area contributed by atoms with Crippen molar-refractivity contribution in [2.45, 2.75) is 57.0 Å². The Bertz CT molecular complexity index is 1350. The summed E-state index contributed by atoms with van der Waals surface area (Å²) in [4.78, 5) is 28.8. The minimum Gasteiger partial charge on any atom is -0.508 e. The number of nitrogens with zero attached hydrogens (tertiary/aromatic N) is 1. The Morgan fingerprint density at radius 3 is 2.31 bits per heavy atom. The first-order valence-corrected chi connectivity index (χ1v) is 13.8. The summed E-state index contributed by atoms with van der Waals surface area (Å²) in [5.41, 5.74) is 1.35. The van der Waals surface area contributed by atoms with Gasteiger partial charge in [0.1, 0.15) is 17.5 Å². The maximum atomic E-state index is 14.1. The van der Waals surface area contributed by atoms with Gasteiger partial charge in [-0.1, -0.05) is 42.5 Å². The molecule has 0 bridgehead atoms. The van der Waals surface area contributed by atoms with Crippen LogP contribution in [-0.2, 0) is 22.6 Å². The van der Waals surface area contributed by atoms with E-state index in [0.717, 1.165) is 11.1 Å². The van der Waals surface area contributed by atoms with Crippen molar-refractivity contribution in [1.29, 1.82) is 0 Å². The summed E-state index contributed by atoms with van der Waals surface area (Å²) in [6, 6.07) is 17.3. The average molecular weight is 587 g/mol. The largest absolute Gasteiger partial charge is 0.508 e. The number of rotatable bonds is 12. The third-order valence-electron chi connectivity index (χ3n) is 7.51. The van der Waals surface area contributed by atoms with Gasteiger partial charge in [0.15, 0.2) is 0 Å². The van der Waals surface area contributed by atoms with Crippen molar-refractivity contribution in [3.8, 4) is 11.5 Å². The molecule has 0 aliphatic heterocycles. The Balaban J connectivity index is 1.64. The Morgan fingerprint density at radius 2 is 1.69 bits per heavy atom. The van der Waals surface area contributed by atoms with Gasteiger partial charge in [0.25, 0.3) is 6.43 Å². The number of hydrogen-bond donors (Lipinski definition) is 2. The van der Waals surface area contributed by atoms with Crippen molar-refractivity contribution in [3.63, 3.8) is 0 Å². The highest BCUT2D eigenvalue weighted by Crippen LogP contribution is 2.40. The highest BCUT2D eigenvalue weighted by atomic mass is 19.3. The van der Waals surface area contributed by atoms with E-state index in [9.17, 15) is 32.3 Å². The summed E-state index contributed by atoms with van der Waals surface area (Å²) < 4.78 is 60.8. The third-order valence-corrected chi connectivity index (χ3v) is 7.51. The zero-order valence-electron chi connectivity index (χ0n) is 23.2. The van der Waals surface area contributed by atoms with Gasteiger partial charge >= 0.3 is 0 Å². The van der Waals surface area contributed by atoms with Crippen LogP contribution in [0.15, 0.2) is 72.8 Å². The number of methoxy groups -OCH3 is 1. The summed E-state index contributed by atoms with van der Waals surface area (Å²) in [6.07, 6.45) is -3.15. The van der Waals surface area contributed by atoms with E-state index in [1.54, 1.807) is 36.4 Å². The van der Waals surface area contributed by atoms with E-state index in [-0.39, 0.29) is 55.6 Å². The second kappa shape index (κ2) is 13.7. The van der Waals surface area contributed by atoms with Gasteiger partial charge in [-0.25, -0.2) is 17.6 Å². The van der Waals surface area contributed by atoms with Crippen molar-refractivity contribution in [2.75, 3.05) is 13.7 Å². The van der Waals surface area contributed by atoms with Crippen LogP contribution in [0.4, 0.5) is 17.6 Å². The van der Waals surface area contributed by atoms with E-state index in [0.29, 0.717) is 5.75 Å². The quantitative estimate of drug-likeness (QED) is 0.235. The molecule has 224 valence electrons. The molecule has 2 atom stereocenters. The van der Waals surface area contributed by atoms with Crippen LogP contribution < -0.4 is 10.1 Å². The zero-order valence-corrected chi connectivity index (χ0v) is 23.2. The SMILES string of the molecule is COc1ccc(CNC(=O)C(c2cccc(C(F)F)c2)N(CC2CCC(F)(F)C2)C(=O)CCc2ccc(O)cc2)cc1. The van der Waals surface area contributed by atoms with Crippen LogP contribution >= 0.6 is 0 Å². The number of amides is 2. The Labute approximate surface area is 242 Å². The number of alkyl halides is 4. The van der Waals surface area contributed by atoms with E-state index in [2.05, 4.69) is 5.32 Å². The minimum absolute atomic E-state index is 0.0509. The Morgan fingerprint density at radius 1 is 1.02 bits per heavy atom. The number of hydrogen-bond acceptors (Lipinski definition) is 4. The topological polar surface area (TPSA) is 78.9 Å². The summed E-state index contributed by atoms with van der Waals surface area (Å²) in [6.45, 7) is -0.0333. The van der Waals surface area contributed by atoms with Crippen LogP contribution in [0, 0.1) is 5.92 Å². The molecule has 10 heteroatoms. The molecule has 1 saturated carbocycles. The van der Waals surface area contributed by atoms with Crippen LogP contribution in [0.25, 0.3) is 0 Å². The van der Waals surface area contributed by atoms with Gasteiger partial charge in [-0.05, 0) is 65.8 Å². The fourth-order valence-electron chi connectivity index (χ4n) is 5.25. The van der Waals surface area contributed by atoms with E-state index in [1.165, 1.54) is 48.4 Å². The molecule has 1 aliphatic carbocycles. The van der Waals surface area contributed by atoms with Crippen molar-refractivity contribution in [1.82, 2.24) is 10.2 Å². The van der Waals surface area contributed by atoms with Gasteiger partial charge in [-0.15, -0.1) is 0 Å². The zero-order chi connectivity index (χ0) is 30.3. The van der Waals surface area contributed by atoms with Gasteiger partial charge in [-0.2, -0.15) is 0 Å². The Hall–Kier alpha value is -4.08. The maximum Gasteiger partial charge on any atom is 0.263 e. The van der Waals surface area contributed by atoms with Crippen LogP contribution in [0.5, 0.6) is 11.5 Å². The normalized spacial score (nSPS) is 16.7. The predicted octanol–water partition coefficient (Wildman–Crippen LogP) is 6.59. The van der Waals surface area contributed by atoms with E-state index in [4.69, 9.17) is 4.74 Å². The molecule has 4 rings (SSSR count). The molecule has 1 aliphatic rings. The number of aryl methyl sites for hydroxylation is 1. The average Bonchev–Trinajstić information content (AvgIpc) is 3.33. The number of phenols is 1. The second-order valence-electron chi connectivity index (χ2n) is 10.6. The van der Waals surface area contributed by atoms with Gasteiger partial charge in [0.2, 0.25) is 17.7 Å². The van der Waals surface area contributed by atoms with Crippen LogP contribution in [0.3, 0.4) is 0 Å². The number of ether oxygens (including phenoxy) is 1. The molecule has 1 fully saturated rings. The molecule has 0 saturated heterocycles. The number of nitrogens with one attached hydrogen (secondary N) is 1. The van der Waals surface area contributed by atoms with Gasteiger partial charge < -0.3 is 20.1 Å². The molecule has 6 nitrogen and oxygen atoms in total. The molecule has 0 heterocycles. The molecule has 3 aromatic rings. The van der Waals surface area contributed by atoms with E-state index < -0.39 is 42.5 Å². The first-order chi connectivity index (χ1) is 20.0. The molecule has 2 amide bonds. The molecule has 42 heavy (non-hydrogen) atoms. The number of phenolic OH excluding ortho intramolecular Hbond substituents is 1. The number of carbonyl (C=O) groups excluding carboxylic acids is 2. The van der Waals surface area contributed by atoms with E-state index in [1.807, 2.05) is 0 Å². The number of aromatic hydroxyl groups is 1. The predicted molar refractivity (Wildman–Crippen MR) is 149 cm³/mol. The van der Waals surface area contributed by atoms with Crippen molar-refractivity contribution >= 4 is 11.8 Å². The van der Waals surface area contributed by atoms with E-state index >= 15 is 0 Å². The highest BCUT2D eigenvalue weighted by molar-refractivity contribution is 5.89. The lowest BCUT2D eigenvalue weighted by Crippen LogP contribution is -2.45. The molecule has 2 N–H and O–H groups in total. The standard InChI is InChI=1S/C32H34F4N2O4/c1-42-27-12-7-22(8-13-27)19-37-31(41)29(24-3-2-4-25(17-24)30(33)34)38(20-23-15-16-32(35,36)18-23)28(40)14-9-21-5-10-26(39)11-6-21/h2-8,10-13,17,23,29-30,39H,9,14-16,18-20H2,1H3,(H,37,41). The molecular weight excluding hydrogens is 552 g/mol. The second-order valence-corrected chi connectivity index (χ2v) is 10.6. The number of halogens is 4. The molecular formula is C32H34F4N2O4. The van der Waals surface area contributed by atoms with Crippen molar-refractivity contribution < 1.29 is 37.0 Å². The molecule has 0 radical (unpaired) electrons. The summed E-state index contributed by atoms with van der Waals surface area (Å²) in [7, 11) is 1.53. The highest BCUT2D eigenvalue weighted by Gasteiger charge is 2.42. The number of benzene rings is 3. The maximum absolute atomic E-state index is 14.1. The fourth-order valence-corrected chi connectivity index (χ4v) is 5.25. The van der Waals surface area contributed by atoms with Gasteiger partial charge in [0.05, 0.1) is 7.11 Å². The fraction of sp³-hybridized carbons (Fsp3) is 0.375. The lowest BCUT2D eigenvalue weighted by atomic mass is 9.98. The van der Waals surface area contributed by atoms with Crippen LogP contribution in [0.1, 0.15) is 60.4 Å². The van der Waals surface area contributed by atoms with Gasteiger partial charge in [-0.3, -0.25) is 9.59 Å².